The molecule has 162 valence electrons. The predicted molar refractivity (Wildman–Crippen MR) is 109 cm³/mol. The van der Waals surface area contributed by atoms with Crippen LogP contribution in [0, 0.1) is 0 Å². The van der Waals surface area contributed by atoms with E-state index in [1.807, 2.05) is 0 Å². The second kappa shape index (κ2) is 8.06. The number of nitrogens with zero attached hydrogens (tertiary/aromatic N) is 4. The number of hydrogen-bond acceptors (Lipinski definition) is 6. The molecule has 0 aliphatic carbocycles. The van der Waals surface area contributed by atoms with E-state index in [2.05, 4.69) is 50.9 Å². The number of nitrogens with one attached hydrogen (secondary N) is 3. The summed E-state index contributed by atoms with van der Waals surface area (Å²) >= 11 is 3.25. The van der Waals surface area contributed by atoms with Crippen LogP contribution in [-0.2, 0) is 6.54 Å². The monoisotopic (exact) mass is 497 g/mol. The van der Waals surface area contributed by atoms with Crippen LogP contribution in [0.1, 0.15) is 24.2 Å². The fraction of sp³-hybridized carbons (Fsp3) is 0.222. The van der Waals surface area contributed by atoms with Crippen molar-refractivity contribution in [3.05, 3.63) is 63.1 Å². The van der Waals surface area contributed by atoms with Gasteiger partial charge in [0, 0.05) is 16.2 Å². The Bertz CT molecular complexity index is 1270. The van der Waals surface area contributed by atoms with Gasteiger partial charge in [0.1, 0.15) is 11.3 Å². The number of imidazole rings is 2. The van der Waals surface area contributed by atoms with E-state index in [1.165, 1.54) is 35.3 Å². The second-order valence-electron chi connectivity index (χ2n) is 6.57. The Morgan fingerprint density at radius 2 is 2.13 bits per heavy atom. The molecule has 1 aromatic carbocycles. The molecule has 0 radical (unpaired) electrons. The normalized spacial score (nSPS) is 12.8. The van der Waals surface area contributed by atoms with E-state index < -0.39 is 23.8 Å². The Labute approximate surface area is 180 Å². The maximum absolute atomic E-state index is 12.9. The summed E-state index contributed by atoms with van der Waals surface area (Å²) in [7, 11) is 0. The van der Waals surface area contributed by atoms with Gasteiger partial charge in [0.25, 0.3) is 0 Å². The molecule has 0 saturated heterocycles. The van der Waals surface area contributed by atoms with Crippen LogP contribution in [0.3, 0.4) is 0 Å². The van der Waals surface area contributed by atoms with Crippen molar-refractivity contribution in [3.8, 4) is 5.75 Å². The number of fused-ring (bicyclic) bond motifs is 1. The molecule has 1 atom stereocenters. The van der Waals surface area contributed by atoms with Crippen LogP contribution in [0.15, 0.2) is 46.2 Å². The third-order valence-corrected chi connectivity index (χ3v) is 4.98. The molecule has 4 rings (SSSR count). The molecular formula is C18H15BrF3N7O2. The fourth-order valence-electron chi connectivity index (χ4n) is 3.12. The van der Waals surface area contributed by atoms with Gasteiger partial charge in [-0.3, -0.25) is 4.57 Å². The molecule has 0 saturated carbocycles. The van der Waals surface area contributed by atoms with E-state index in [0.717, 1.165) is 5.69 Å². The molecule has 31 heavy (non-hydrogen) atoms. The summed E-state index contributed by atoms with van der Waals surface area (Å²) in [5, 5.41) is 3.00. The molecule has 0 amide bonds. The van der Waals surface area contributed by atoms with Crippen molar-refractivity contribution >= 4 is 33.0 Å². The van der Waals surface area contributed by atoms with Gasteiger partial charge in [-0.1, -0.05) is 15.9 Å². The van der Waals surface area contributed by atoms with Crippen LogP contribution < -0.4 is 15.7 Å². The average molecular weight is 498 g/mol. The number of benzene rings is 1. The average Bonchev–Trinajstić information content (AvgIpc) is 3.32. The minimum Gasteiger partial charge on any atom is -0.405 e. The summed E-state index contributed by atoms with van der Waals surface area (Å²) in [5.74, 6) is -0.167. The van der Waals surface area contributed by atoms with Crippen LogP contribution in [-0.4, -0.2) is 35.8 Å². The number of alkyl halides is 3. The van der Waals surface area contributed by atoms with Gasteiger partial charge in [-0.15, -0.1) is 13.2 Å². The summed E-state index contributed by atoms with van der Waals surface area (Å²) < 4.78 is 44.6. The number of aromatic amines is 2. The SMILES string of the molecule is C[C@H](c1cc(Br)ccc1OC(F)(F)F)n1c(=O)[nH]c2cnc(NCc3cnc[nH]3)nc21. The van der Waals surface area contributed by atoms with Gasteiger partial charge < -0.3 is 20.0 Å². The summed E-state index contributed by atoms with van der Waals surface area (Å²) in [6, 6.07) is 3.26. The van der Waals surface area contributed by atoms with Crippen LogP contribution in [0.4, 0.5) is 19.1 Å². The highest BCUT2D eigenvalue weighted by Crippen LogP contribution is 2.34. The molecule has 4 aromatic rings. The van der Waals surface area contributed by atoms with Crippen LogP contribution in [0.5, 0.6) is 5.75 Å². The summed E-state index contributed by atoms with van der Waals surface area (Å²) in [4.78, 5) is 30.6. The first-order valence-corrected chi connectivity index (χ1v) is 9.74. The zero-order valence-electron chi connectivity index (χ0n) is 15.9. The zero-order chi connectivity index (χ0) is 22.2. The highest BCUT2D eigenvalue weighted by atomic mass is 79.9. The van der Waals surface area contributed by atoms with Crippen molar-refractivity contribution < 1.29 is 17.9 Å². The number of halogens is 4. The molecule has 0 spiro atoms. The summed E-state index contributed by atoms with van der Waals surface area (Å²) in [5.41, 5.74) is 0.988. The van der Waals surface area contributed by atoms with Gasteiger partial charge in [-0.05, 0) is 25.1 Å². The lowest BCUT2D eigenvalue weighted by molar-refractivity contribution is -0.275. The Hall–Kier alpha value is -3.35. The molecule has 3 N–H and O–H groups in total. The van der Waals surface area contributed by atoms with Crippen molar-refractivity contribution in [2.24, 2.45) is 0 Å². The van der Waals surface area contributed by atoms with E-state index >= 15 is 0 Å². The molecule has 0 fully saturated rings. The van der Waals surface area contributed by atoms with Crippen molar-refractivity contribution in [2.75, 3.05) is 5.32 Å². The second-order valence-corrected chi connectivity index (χ2v) is 7.48. The summed E-state index contributed by atoms with van der Waals surface area (Å²) in [6.45, 7) is 1.95. The Balaban J connectivity index is 1.73. The smallest absolute Gasteiger partial charge is 0.405 e. The first-order chi connectivity index (χ1) is 14.7. The molecule has 13 heteroatoms. The quantitative estimate of drug-likeness (QED) is 0.374. The van der Waals surface area contributed by atoms with Crippen molar-refractivity contribution in [1.29, 1.82) is 0 Å². The molecule has 0 unspecified atom stereocenters. The third kappa shape index (κ3) is 4.55. The Morgan fingerprint density at radius 3 is 2.84 bits per heavy atom. The first kappa shape index (κ1) is 20.9. The van der Waals surface area contributed by atoms with E-state index in [9.17, 15) is 18.0 Å². The molecule has 3 aromatic heterocycles. The molecule has 0 aliphatic rings. The van der Waals surface area contributed by atoms with Gasteiger partial charge in [0.15, 0.2) is 5.65 Å². The van der Waals surface area contributed by atoms with Crippen molar-refractivity contribution in [3.63, 3.8) is 0 Å². The Morgan fingerprint density at radius 1 is 1.32 bits per heavy atom. The van der Waals surface area contributed by atoms with Crippen LogP contribution in [0.25, 0.3) is 11.2 Å². The summed E-state index contributed by atoms with van der Waals surface area (Å²) in [6.07, 6.45) is -0.282. The van der Waals surface area contributed by atoms with Gasteiger partial charge in [-0.2, -0.15) is 4.98 Å². The predicted octanol–water partition coefficient (Wildman–Crippen LogP) is 3.73. The maximum atomic E-state index is 12.9. The van der Waals surface area contributed by atoms with Gasteiger partial charge >= 0.3 is 12.1 Å². The van der Waals surface area contributed by atoms with E-state index in [-0.39, 0.29) is 17.2 Å². The third-order valence-electron chi connectivity index (χ3n) is 4.48. The van der Waals surface area contributed by atoms with E-state index in [1.54, 1.807) is 13.1 Å². The standard InChI is InChI=1S/C18H15BrF3N7O2/c1-9(12-4-10(19)2-3-14(12)31-18(20,21)22)29-15-13(27-17(29)30)7-25-16(28-15)24-6-11-5-23-8-26-11/h2-5,7-9H,6H2,1H3,(H,23,26)(H,27,30)(H,24,25,28)/t9-/m1/s1. The molecule has 0 bridgehead atoms. The highest BCUT2D eigenvalue weighted by Gasteiger charge is 2.33. The number of rotatable bonds is 6. The lowest BCUT2D eigenvalue weighted by Crippen LogP contribution is -2.24. The van der Waals surface area contributed by atoms with Gasteiger partial charge in [-0.25, -0.2) is 14.8 Å². The van der Waals surface area contributed by atoms with Crippen LogP contribution in [0.2, 0.25) is 0 Å². The van der Waals surface area contributed by atoms with Gasteiger partial charge in [0.05, 0.1) is 30.8 Å². The largest absolute Gasteiger partial charge is 0.573 e. The minimum atomic E-state index is -4.88. The number of aromatic nitrogens is 6. The zero-order valence-corrected chi connectivity index (χ0v) is 17.5. The molecule has 0 aliphatic heterocycles. The number of hydrogen-bond donors (Lipinski definition) is 3. The molecule has 3 heterocycles. The lowest BCUT2D eigenvalue weighted by atomic mass is 10.1. The maximum Gasteiger partial charge on any atom is 0.573 e. The Kier molecular flexibility index (Phi) is 5.43. The van der Waals surface area contributed by atoms with Crippen LogP contribution >= 0.6 is 15.9 Å². The first-order valence-electron chi connectivity index (χ1n) is 8.95. The fourth-order valence-corrected chi connectivity index (χ4v) is 3.50. The minimum absolute atomic E-state index is 0.153. The van der Waals surface area contributed by atoms with Crippen molar-refractivity contribution in [1.82, 2.24) is 29.5 Å². The lowest BCUT2D eigenvalue weighted by Gasteiger charge is -2.19. The molecular weight excluding hydrogens is 483 g/mol. The highest BCUT2D eigenvalue weighted by molar-refractivity contribution is 9.10. The van der Waals surface area contributed by atoms with Crippen molar-refractivity contribution in [2.45, 2.75) is 25.9 Å². The topological polar surface area (TPSA) is 114 Å². The van der Waals surface area contributed by atoms with E-state index in [0.29, 0.717) is 16.5 Å². The molecule has 9 nitrogen and oxygen atoms in total. The number of anilines is 1. The van der Waals surface area contributed by atoms with E-state index in [4.69, 9.17) is 0 Å². The number of H-pyrrole nitrogens is 2. The van der Waals surface area contributed by atoms with Gasteiger partial charge in [0.2, 0.25) is 5.95 Å². The number of ether oxygens (including phenoxy) is 1.